The van der Waals surface area contributed by atoms with E-state index in [0.717, 1.165) is 5.52 Å². The van der Waals surface area contributed by atoms with Gasteiger partial charge < -0.3 is 0 Å². The van der Waals surface area contributed by atoms with E-state index in [9.17, 15) is 9.59 Å². The van der Waals surface area contributed by atoms with Crippen molar-refractivity contribution in [3.63, 3.8) is 0 Å². The molecule has 1 aromatic carbocycles. The Morgan fingerprint density at radius 1 is 0.950 bits per heavy atom. The van der Waals surface area contributed by atoms with Crippen LogP contribution in [0.5, 0.6) is 0 Å². The van der Waals surface area contributed by atoms with Gasteiger partial charge in [-0.3, -0.25) is 9.59 Å². The highest BCUT2D eigenvalue weighted by Crippen LogP contribution is 2.14. The minimum atomic E-state index is -0.208. The lowest BCUT2D eigenvalue weighted by Gasteiger charge is -2.00. The summed E-state index contributed by atoms with van der Waals surface area (Å²) >= 11 is 0. The van der Waals surface area contributed by atoms with Crippen LogP contribution in [-0.2, 0) is 0 Å². The molecule has 3 rings (SSSR count). The van der Waals surface area contributed by atoms with E-state index < -0.39 is 0 Å². The summed E-state index contributed by atoms with van der Waals surface area (Å²) in [5, 5.41) is 4.10. The van der Waals surface area contributed by atoms with E-state index >= 15 is 0 Å². The number of nitrogens with zero attached hydrogens (tertiary/aromatic N) is 2. The molecule has 2 aromatic heterocycles. The molecule has 2 heterocycles. The fourth-order valence-electron chi connectivity index (χ4n) is 2.12. The van der Waals surface area contributed by atoms with Gasteiger partial charge in [-0.2, -0.15) is 5.10 Å². The van der Waals surface area contributed by atoms with E-state index in [0.29, 0.717) is 11.1 Å². The number of rotatable bonds is 4. The first-order valence-corrected chi connectivity index (χ1v) is 6.29. The van der Waals surface area contributed by atoms with Gasteiger partial charge in [0.2, 0.25) is 0 Å². The van der Waals surface area contributed by atoms with Gasteiger partial charge in [-0.05, 0) is 12.1 Å². The van der Waals surface area contributed by atoms with Crippen LogP contribution in [0, 0.1) is 0 Å². The first-order valence-electron chi connectivity index (χ1n) is 6.29. The van der Waals surface area contributed by atoms with Gasteiger partial charge in [0.15, 0.2) is 11.6 Å². The summed E-state index contributed by atoms with van der Waals surface area (Å²) in [4.78, 5) is 24.3. The zero-order chi connectivity index (χ0) is 13.9. The second kappa shape index (κ2) is 5.09. The standard InChI is InChI=1S/C16H12N2O2/c19-15(12-6-2-1-3-7-12)10-16(20)13-11-17-18-9-5-4-8-14(13)18/h1-9,11H,10H2. The number of pyridine rings is 1. The van der Waals surface area contributed by atoms with Crippen LogP contribution in [0.15, 0.2) is 60.9 Å². The summed E-state index contributed by atoms with van der Waals surface area (Å²) in [5.41, 5.74) is 1.76. The lowest BCUT2D eigenvalue weighted by Crippen LogP contribution is -2.08. The Morgan fingerprint density at radius 2 is 1.70 bits per heavy atom. The van der Waals surface area contributed by atoms with E-state index in [1.165, 1.54) is 6.20 Å². The van der Waals surface area contributed by atoms with E-state index in [-0.39, 0.29) is 18.0 Å². The Bertz CT molecular complexity index is 775. The van der Waals surface area contributed by atoms with Crippen molar-refractivity contribution in [2.45, 2.75) is 6.42 Å². The minimum Gasteiger partial charge on any atom is -0.294 e. The minimum absolute atomic E-state index is 0.139. The number of benzene rings is 1. The van der Waals surface area contributed by atoms with Gasteiger partial charge in [0, 0.05) is 11.8 Å². The van der Waals surface area contributed by atoms with Crippen molar-refractivity contribution in [1.29, 1.82) is 0 Å². The van der Waals surface area contributed by atoms with Crippen LogP contribution in [0.4, 0.5) is 0 Å². The second-order valence-electron chi connectivity index (χ2n) is 4.48. The van der Waals surface area contributed by atoms with Crippen molar-refractivity contribution in [2.24, 2.45) is 0 Å². The molecule has 0 aliphatic heterocycles. The molecule has 0 N–H and O–H groups in total. The molecule has 0 bridgehead atoms. The molecule has 3 aromatic rings. The van der Waals surface area contributed by atoms with Crippen LogP contribution in [0.2, 0.25) is 0 Å². The summed E-state index contributed by atoms with van der Waals surface area (Å²) in [6, 6.07) is 14.3. The summed E-state index contributed by atoms with van der Waals surface area (Å²) in [6.07, 6.45) is 3.14. The lowest BCUT2D eigenvalue weighted by molar-refractivity contribution is 0.0895. The Balaban J connectivity index is 1.85. The summed E-state index contributed by atoms with van der Waals surface area (Å²) in [6.45, 7) is 0. The smallest absolute Gasteiger partial charge is 0.174 e. The number of aromatic nitrogens is 2. The van der Waals surface area contributed by atoms with Gasteiger partial charge in [-0.15, -0.1) is 0 Å². The molecule has 4 nitrogen and oxygen atoms in total. The topological polar surface area (TPSA) is 51.4 Å². The fourth-order valence-corrected chi connectivity index (χ4v) is 2.12. The maximum atomic E-state index is 12.2. The highest BCUT2D eigenvalue weighted by Gasteiger charge is 2.17. The van der Waals surface area contributed by atoms with Gasteiger partial charge in [0.1, 0.15) is 0 Å². The quantitative estimate of drug-likeness (QED) is 0.538. The molecule has 0 amide bonds. The Morgan fingerprint density at radius 3 is 2.50 bits per heavy atom. The zero-order valence-electron chi connectivity index (χ0n) is 10.7. The van der Waals surface area contributed by atoms with Crippen molar-refractivity contribution in [2.75, 3.05) is 0 Å². The number of Topliss-reactive ketones (excluding diaryl/α,β-unsaturated/α-hetero) is 2. The largest absolute Gasteiger partial charge is 0.294 e. The van der Waals surface area contributed by atoms with Crippen LogP contribution < -0.4 is 0 Å². The maximum Gasteiger partial charge on any atom is 0.174 e. The normalized spacial score (nSPS) is 10.6. The Hall–Kier alpha value is -2.75. The van der Waals surface area contributed by atoms with Crippen LogP contribution in [0.1, 0.15) is 27.1 Å². The predicted molar refractivity (Wildman–Crippen MR) is 74.9 cm³/mol. The number of ketones is 2. The second-order valence-corrected chi connectivity index (χ2v) is 4.48. The third-order valence-corrected chi connectivity index (χ3v) is 3.14. The van der Waals surface area contributed by atoms with E-state index in [1.807, 2.05) is 24.3 Å². The first-order chi connectivity index (χ1) is 9.75. The van der Waals surface area contributed by atoms with Crippen LogP contribution in [-0.4, -0.2) is 21.2 Å². The van der Waals surface area contributed by atoms with Crippen molar-refractivity contribution < 1.29 is 9.59 Å². The molecule has 98 valence electrons. The number of hydrogen-bond acceptors (Lipinski definition) is 3. The third kappa shape index (κ3) is 2.23. The average molecular weight is 264 g/mol. The molecule has 0 atom stereocenters. The SMILES string of the molecule is O=C(CC(=O)c1cnn2ccccc12)c1ccccc1. The third-order valence-electron chi connectivity index (χ3n) is 3.14. The molecule has 0 saturated heterocycles. The van der Waals surface area contributed by atoms with Gasteiger partial charge in [-0.1, -0.05) is 36.4 Å². The number of fused-ring (bicyclic) bond motifs is 1. The molecule has 0 aliphatic carbocycles. The molecule has 20 heavy (non-hydrogen) atoms. The predicted octanol–water partition coefficient (Wildman–Crippen LogP) is 2.79. The van der Waals surface area contributed by atoms with E-state index in [2.05, 4.69) is 5.10 Å². The lowest BCUT2D eigenvalue weighted by atomic mass is 10.0. The highest BCUT2D eigenvalue weighted by atomic mass is 16.1. The molecule has 0 aliphatic rings. The molecular weight excluding hydrogens is 252 g/mol. The molecule has 0 unspecified atom stereocenters. The molecule has 0 saturated carbocycles. The number of carbonyl (C=O) groups is 2. The molecule has 0 radical (unpaired) electrons. The Labute approximate surface area is 115 Å². The van der Waals surface area contributed by atoms with Gasteiger partial charge >= 0.3 is 0 Å². The molecule has 0 spiro atoms. The van der Waals surface area contributed by atoms with Crippen molar-refractivity contribution in [3.8, 4) is 0 Å². The monoisotopic (exact) mass is 264 g/mol. The van der Waals surface area contributed by atoms with Gasteiger partial charge in [0.05, 0.1) is 23.7 Å². The number of hydrogen-bond donors (Lipinski definition) is 0. The molecule has 0 fully saturated rings. The zero-order valence-corrected chi connectivity index (χ0v) is 10.7. The van der Waals surface area contributed by atoms with Crippen molar-refractivity contribution in [3.05, 3.63) is 72.1 Å². The van der Waals surface area contributed by atoms with E-state index in [4.69, 9.17) is 0 Å². The fraction of sp³-hybridized carbons (Fsp3) is 0.0625. The van der Waals surface area contributed by atoms with Crippen molar-refractivity contribution in [1.82, 2.24) is 9.61 Å². The van der Waals surface area contributed by atoms with Gasteiger partial charge in [-0.25, -0.2) is 4.52 Å². The average Bonchev–Trinajstić information content (AvgIpc) is 2.92. The molecule has 4 heteroatoms. The first kappa shape index (κ1) is 12.3. The summed E-state index contributed by atoms with van der Waals surface area (Å²) in [7, 11) is 0. The highest BCUT2D eigenvalue weighted by molar-refractivity contribution is 6.15. The van der Waals surface area contributed by atoms with Crippen molar-refractivity contribution >= 4 is 17.1 Å². The van der Waals surface area contributed by atoms with Crippen LogP contribution in [0.3, 0.4) is 0 Å². The van der Waals surface area contributed by atoms with Gasteiger partial charge in [0.25, 0.3) is 0 Å². The number of carbonyl (C=O) groups excluding carboxylic acids is 2. The molecular formula is C16H12N2O2. The summed E-state index contributed by atoms with van der Waals surface area (Å²) < 4.78 is 1.63. The maximum absolute atomic E-state index is 12.2. The van der Waals surface area contributed by atoms with E-state index in [1.54, 1.807) is 35.0 Å². The van der Waals surface area contributed by atoms with Crippen LogP contribution in [0.25, 0.3) is 5.52 Å². The van der Waals surface area contributed by atoms with Crippen LogP contribution >= 0.6 is 0 Å². The summed E-state index contributed by atoms with van der Waals surface area (Å²) in [5.74, 6) is -0.383. The Kier molecular flexibility index (Phi) is 3.13.